The maximum absolute atomic E-state index is 10.3. The van der Waals surface area contributed by atoms with Crippen molar-refractivity contribution >= 4 is 11.6 Å². The average molecular weight is 399 g/mol. The lowest BCUT2D eigenvalue weighted by molar-refractivity contribution is 0.00189. The summed E-state index contributed by atoms with van der Waals surface area (Å²) in [5.41, 5.74) is 4.43. The Balaban J connectivity index is 1.23. The Hall–Kier alpha value is -2.18. The molecule has 0 bridgehead atoms. The molecule has 3 aromatic rings. The summed E-state index contributed by atoms with van der Waals surface area (Å²) in [6, 6.07) is 17.8. The smallest absolute Gasteiger partial charge is 0.163 e. The molecular weight excluding hydrogens is 376 g/mol. The molecule has 6 heteroatoms. The summed E-state index contributed by atoms with van der Waals surface area (Å²) in [5, 5.41) is 15.1. The van der Waals surface area contributed by atoms with Gasteiger partial charge in [-0.1, -0.05) is 53.2 Å². The SMILES string of the molecule is OC(COCc1cc(-c2ccc(Cl)cc2)no1)CN1CCc2ccccc2C1. The van der Waals surface area contributed by atoms with Crippen molar-refractivity contribution in [1.29, 1.82) is 0 Å². The third kappa shape index (κ3) is 4.80. The van der Waals surface area contributed by atoms with Crippen LogP contribution in [-0.2, 0) is 24.3 Å². The fourth-order valence-electron chi connectivity index (χ4n) is 3.49. The van der Waals surface area contributed by atoms with Gasteiger partial charge in [-0.15, -0.1) is 0 Å². The second kappa shape index (κ2) is 8.88. The molecule has 1 unspecified atom stereocenters. The fourth-order valence-corrected chi connectivity index (χ4v) is 3.62. The molecule has 5 nitrogen and oxygen atoms in total. The van der Waals surface area contributed by atoms with Crippen LogP contribution in [-0.4, -0.2) is 41.0 Å². The number of ether oxygens (including phenoxy) is 1. The number of nitrogens with zero attached hydrogens (tertiary/aromatic N) is 2. The summed E-state index contributed by atoms with van der Waals surface area (Å²) < 4.78 is 10.9. The molecule has 28 heavy (non-hydrogen) atoms. The van der Waals surface area contributed by atoms with Gasteiger partial charge < -0.3 is 14.4 Å². The van der Waals surface area contributed by atoms with Gasteiger partial charge in [0.05, 0.1) is 12.7 Å². The van der Waals surface area contributed by atoms with Gasteiger partial charge in [-0.05, 0) is 29.7 Å². The normalized spacial score (nSPS) is 15.4. The minimum Gasteiger partial charge on any atom is -0.389 e. The van der Waals surface area contributed by atoms with Crippen LogP contribution in [0.25, 0.3) is 11.3 Å². The van der Waals surface area contributed by atoms with Gasteiger partial charge in [0.2, 0.25) is 0 Å². The van der Waals surface area contributed by atoms with E-state index in [4.69, 9.17) is 20.9 Å². The van der Waals surface area contributed by atoms with E-state index < -0.39 is 6.10 Å². The number of β-amino-alcohol motifs (C(OH)–C–C–N with tert-alkyl or cyclic N) is 1. The number of halogens is 1. The first kappa shape index (κ1) is 19.2. The van der Waals surface area contributed by atoms with E-state index in [9.17, 15) is 5.11 Å². The Morgan fingerprint density at radius 2 is 1.93 bits per heavy atom. The summed E-state index contributed by atoms with van der Waals surface area (Å²) in [5.74, 6) is 0.629. The topological polar surface area (TPSA) is 58.7 Å². The van der Waals surface area contributed by atoms with Crippen molar-refractivity contribution in [2.75, 3.05) is 19.7 Å². The van der Waals surface area contributed by atoms with Crippen LogP contribution < -0.4 is 0 Å². The van der Waals surface area contributed by atoms with E-state index in [0.29, 0.717) is 17.3 Å². The van der Waals surface area contributed by atoms with E-state index in [-0.39, 0.29) is 13.2 Å². The van der Waals surface area contributed by atoms with Crippen molar-refractivity contribution in [1.82, 2.24) is 10.1 Å². The van der Waals surface area contributed by atoms with Gasteiger partial charge in [0.25, 0.3) is 0 Å². The second-order valence-electron chi connectivity index (χ2n) is 7.11. The van der Waals surface area contributed by atoms with Gasteiger partial charge in [0, 0.05) is 36.3 Å². The van der Waals surface area contributed by atoms with Gasteiger partial charge in [-0.3, -0.25) is 4.90 Å². The van der Waals surface area contributed by atoms with E-state index in [1.807, 2.05) is 30.3 Å². The predicted molar refractivity (Wildman–Crippen MR) is 108 cm³/mol. The maximum atomic E-state index is 10.3. The van der Waals surface area contributed by atoms with Gasteiger partial charge in [0.1, 0.15) is 12.3 Å². The van der Waals surface area contributed by atoms with Crippen LogP contribution in [0.2, 0.25) is 5.02 Å². The molecule has 146 valence electrons. The molecule has 0 spiro atoms. The third-order valence-electron chi connectivity index (χ3n) is 4.93. The minimum atomic E-state index is -0.538. The Bertz CT molecular complexity index is 910. The average Bonchev–Trinajstić information content (AvgIpc) is 3.17. The van der Waals surface area contributed by atoms with Gasteiger partial charge in [-0.2, -0.15) is 0 Å². The lowest BCUT2D eigenvalue weighted by Gasteiger charge is -2.30. The van der Waals surface area contributed by atoms with Crippen molar-refractivity contribution in [3.8, 4) is 11.3 Å². The van der Waals surface area contributed by atoms with Crippen LogP contribution in [0.3, 0.4) is 0 Å². The Kier molecular flexibility index (Phi) is 6.07. The van der Waals surface area contributed by atoms with Crippen LogP contribution in [0.4, 0.5) is 0 Å². The van der Waals surface area contributed by atoms with Crippen molar-refractivity contribution in [2.45, 2.75) is 25.7 Å². The molecule has 2 heterocycles. The highest BCUT2D eigenvalue weighted by atomic mass is 35.5. The number of aliphatic hydroxyl groups is 1. The third-order valence-corrected chi connectivity index (χ3v) is 5.18. The number of hydrogen-bond donors (Lipinski definition) is 1. The van der Waals surface area contributed by atoms with Crippen LogP contribution in [0.1, 0.15) is 16.9 Å². The molecule has 1 N–H and O–H groups in total. The molecule has 1 aliphatic heterocycles. The van der Waals surface area contributed by atoms with Crippen molar-refractivity contribution in [3.63, 3.8) is 0 Å². The molecule has 1 aliphatic rings. The van der Waals surface area contributed by atoms with E-state index in [1.165, 1.54) is 11.1 Å². The molecule has 0 radical (unpaired) electrons. The quantitative estimate of drug-likeness (QED) is 0.653. The molecule has 1 aromatic heterocycles. The number of fused-ring (bicyclic) bond motifs is 1. The molecule has 0 amide bonds. The summed E-state index contributed by atoms with van der Waals surface area (Å²) in [6.45, 7) is 2.97. The zero-order chi connectivity index (χ0) is 19.3. The van der Waals surface area contributed by atoms with Crippen molar-refractivity contribution in [2.24, 2.45) is 0 Å². The fraction of sp³-hybridized carbons (Fsp3) is 0.318. The highest BCUT2D eigenvalue weighted by Gasteiger charge is 2.18. The number of aliphatic hydroxyl groups excluding tert-OH is 1. The zero-order valence-corrected chi connectivity index (χ0v) is 16.3. The summed E-state index contributed by atoms with van der Waals surface area (Å²) in [6.07, 6.45) is 0.485. The lowest BCUT2D eigenvalue weighted by Crippen LogP contribution is -2.38. The minimum absolute atomic E-state index is 0.259. The van der Waals surface area contributed by atoms with Crippen LogP contribution in [0.5, 0.6) is 0 Å². The van der Waals surface area contributed by atoms with Gasteiger partial charge in [0.15, 0.2) is 5.76 Å². The molecule has 0 aliphatic carbocycles. The van der Waals surface area contributed by atoms with E-state index in [1.54, 1.807) is 0 Å². The highest BCUT2D eigenvalue weighted by Crippen LogP contribution is 2.22. The lowest BCUT2D eigenvalue weighted by atomic mass is 10.00. The molecule has 2 aromatic carbocycles. The number of rotatable bonds is 7. The predicted octanol–water partition coefficient (Wildman–Crippen LogP) is 3.93. The molecular formula is C22H23ClN2O3. The first-order chi connectivity index (χ1) is 13.7. The monoisotopic (exact) mass is 398 g/mol. The Morgan fingerprint density at radius 1 is 1.14 bits per heavy atom. The zero-order valence-electron chi connectivity index (χ0n) is 15.6. The van der Waals surface area contributed by atoms with Crippen LogP contribution in [0, 0.1) is 0 Å². The van der Waals surface area contributed by atoms with E-state index in [0.717, 1.165) is 30.8 Å². The molecule has 0 fully saturated rings. The van der Waals surface area contributed by atoms with Gasteiger partial charge in [-0.25, -0.2) is 0 Å². The summed E-state index contributed by atoms with van der Waals surface area (Å²) >= 11 is 5.91. The first-order valence-corrected chi connectivity index (χ1v) is 9.81. The molecule has 0 saturated heterocycles. The maximum Gasteiger partial charge on any atom is 0.163 e. The Labute approximate surface area is 169 Å². The van der Waals surface area contributed by atoms with Crippen molar-refractivity contribution < 1.29 is 14.4 Å². The summed E-state index contributed by atoms with van der Waals surface area (Å²) in [7, 11) is 0. The molecule has 4 rings (SSSR count). The highest BCUT2D eigenvalue weighted by molar-refractivity contribution is 6.30. The Morgan fingerprint density at radius 3 is 2.75 bits per heavy atom. The van der Waals surface area contributed by atoms with E-state index in [2.05, 4.69) is 34.3 Å². The van der Waals surface area contributed by atoms with Crippen LogP contribution in [0.15, 0.2) is 59.1 Å². The van der Waals surface area contributed by atoms with Gasteiger partial charge >= 0.3 is 0 Å². The van der Waals surface area contributed by atoms with Crippen LogP contribution >= 0.6 is 11.6 Å². The first-order valence-electron chi connectivity index (χ1n) is 9.44. The van der Waals surface area contributed by atoms with E-state index >= 15 is 0 Å². The standard InChI is InChI=1S/C22H23ClN2O3/c23-19-7-5-17(6-8-19)22-11-21(28-24-22)15-27-14-20(26)13-25-10-9-16-3-1-2-4-18(16)12-25/h1-8,11,20,26H,9-10,12-15H2. The second-order valence-corrected chi connectivity index (χ2v) is 7.54. The largest absolute Gasteiger partial charge is 0.389 e. The molecule has 0 saturated carbocycles. The number of benzene rings is 2. The van der Waals surface area contributed by atoms with Crippen molar-refractivity contribution in [3.05, 3.63) is 76.5 Å². The molecule has 1 atom stereocenters. The summed E-state index contributed by atoms with van der Waals surface area (Å²) in [4.78, 5) is 2.27. The number of aromatic nitrogens is 1. The number of hydrogen-bond acceptors (Lipinski definition) is 5.